The molecule has 0 radical (unpaired) electrons. The molecule has 0 atom stereocenters. The Hall–Kier alpha value is -2.12. The van der Waals surface area contributed by atoms with Gasteiger partial charge in [-0.1, -0.05) is 0 Å². The zero-order chi connectivity index (χ0) is 15.5. The molecule has 1 aromatic rings. The third-order valence-electron chi connectivity index (χ3n) is 2.93. The Morgan fingerprint density at radius 2 is 1.86 bits per heavy atom. The SMILES string of the molecule is COc1ncnc(N2CCN(C(=O)OC(C)(C)C)CC2)n1. The van der Waals surface area contributed by atoms with Gasteiger partial charge >= 0.3 is 12.1 Å². The average molecular weight is 295 g/mol. The molecule has 1 fully saturated rings. The highest BCUT2D eigenvalue weighted by Crippen LogP contribution is 2.15. The molecule has 0 spiro atoms. The van der Waals surface area contributed by atoms with Gasteiger partial charge in [-0.2, -0.15) is 9.97 Å². The van der Waals surface area contributed by atoms with Gasteiger partial charge in [-0.15, -0.1) is 0 Å². The Balaban J connectivity index is 1.92. The van der Waals surface area contributed by atoms with Crippen molar-refractivity contribution in [3.05, 3.63) is 6.33 Å². The number of anilines is 1. The second-order valence-corrected chi connectivity index (χ2v) is 5.73. The Kier molecular flexibility index (Phi) is 4.44. The first kappa shape index (κ1) is 15.3. The van der Waals surface area contributed by atoms with Gasteiger partial charge in [0, 0.05) is 26.2 Å². The van der Waals surface area contributed by atoms with Crippen molar-refractivity contribution in [2.75, 3.05) is 38.2 Å². The van der Waals surface area contributed by atoms with E-state index in [1.807, 2.05) is 25.7 Å². The van der Waals surface area contributed by atoms with E-state index in [1.54, 1.807) is 4.90 Å². The second kappa shape index (κ2) is 6.11. The molecule has 2 rings (SSSR count). The molecule has 0 unspecified atom stereocenters. The first-order chi connectivity index (χ1) is 9.89. The summed E-state index contributed by atoms with van der Waals surface area (Å²) in [5, 5.41) is 0. The zero-order valence-corrected chi connectivity index (χ0v) is 12.9. The Labute approximate surface area is 124 Å². The van der Waals surface area contributed by atoms with Gasteiger partial charge in [0.15, 0.2) is 0 Å². The fraction of sp³-hybridized carbons (Fsp3) is 0.692. The topological polar surface area (TPSA) is 80.7 Å². The standard InChI is InChI=1S/C13H21N5O3/c1-13(2,3)21-12(19)18-7-5-17(6-8-18)10-14-9-15-11(16-10)20-4/h9H,5-8H2,1-4H3. The van der Waals surface area contributed by atoms with Crippen LogP contribution in [0.5, 0.6) is 6.01 Å². The van der Waals surface area contributed by atoms with Crippen LogP contribution in [0.3, 0.4) is 0 Å². The lowest BCUT2D eigenvalue weighted by molar-refractivity contribution is 0.0240. The predicted molar refractivity (Wildman–Crippen MR) is 76.4 cm³/mol. The zero-order valence-electron chi connectivity index (χ0n) is 12.9. The number of hydrogen-bond donors (Lipinski definition) is 0. The van der Waals surface area contributed by atoms with E-state index < -0.39 is 5.60 Å². The number of amides is 1. The van der Waals surface area contributed by atoms with Crippen molar-refractivity contribution in [2.45, 2.75) is 26.4 Å². The molecule has 1 aromatic heterocycles. The van der Waals surface area contributed by atoms with E-state index in [1.165, 1.54) is 13.4 Å². The van der Waals surface area contributed by atoms with E-state index in [4.69, 9.17) is 9.47 Å². The number of carbonyl (C=O) groups excluding carboxylic acids is 1. The van der Waals surface area contributed by atoms with Crippen molar-refractivity contribution in [1.82, 2.24) is 19.9 Å². The number of aromatic nitrogens is 3. The van der Waals surface area contributed by atoms with Crippen molar-refractivity contribution in [1.29, 1.82) is 0 Å². The molecule has 0 aromatic carbocycles. The Bertz CT molecular complexity index is 495. The predicted octanol–water partition coefficient (Wildman–Crippen LogP) is 0.937. The Morgan fingerprint density at radius 3 is 2.43 bits per heavy atom. The number of nitrogens with zero attached hydrogens (tertiary/aromatic N) is 5. The minimum atomic E-state index is -0.476. The van der Waals surface area contributed by atoms with Gasteiger partial charge in [0.05, 0.1) is 7.11 Å². The maximum absolute atomic E-state index is 12.0. The van der Waals surface area contributed by atoms with Gasteiger partial charge in [-0.25, -0.2) is 9.78 Å². The lowest BCUT2D eigenvalue weighted by atomic mass is 10.2. The summed E-state index contributed by atoms with van der Waals surface area (Å²) in [4.78, 5) is 27.9. The summed E-state index contributed by atoms with van der Waals surface area (Å²) in [6.45, 7) is 8.01. The van der Waals surface area contributed by atoms with Gasteiger partial charge in [0.1, 0.15) is 11.9 Å². The van der Waals surface area contributed by atoms with Crippen molar-refractivity contribution < 1.29 is 14.3 Å². The minimum absolute atomic E-state index is 0.282. The van der Waals surface area contributed by atoms with Gasteiger partial charge in [0.25, 0.3) is 0 Å². The molecular formula is C13H21N5O3. The lowest BCUT2D eigenvalue weighted by Crippen LogP contribution is -2.50. The molecular weight excluding hydrogens is 274 g/mol. The van der Waals surface area contributed by atoms with Crippen molar-refractivity contribution in [3.63, 3.8) is 0 Å². The van der Waals surface area contributed by atoms with Crippen molar-refractivity contribution >= 4 is 12.0 Å². The number of carbonyl (C=O) groups is 1. The summed E-state index contributed by atoms with van der Waals surface area (Å²) in [6.07, 6.45) is 1.14. The van der Waals surface area contributed by atoms with Gasteiger partial charge in [0.2, 0.25) is 5.95 Å². The number of piperazine rings is 1. The number of hydrogen-bond acceptors (Lipinski definition) is 7. The summed E-state index contributed by atoms with van der Waals surface area (Å²) in [5.41, 5.74) is -0.476. The van der Waals surface area contributed by atoms with Crippen LogP contribution in [0.1, 0.15) is 20.8 Å². The monoisotopic (exact) mass is 295 g/mol. The summed E-state index contributed by atoms with van der Waals surface area (Å²) in [5.74, 6) is 0.561. The van der Waals surface area contributed by atoms with Crippen LogP contribution in [-0.2, 0) is 4.74 Å². The molecule has 1 amide bonds. The summed E-state index contributed by atoms with van der Waals surface area (Å²) < 4.78 is 10.3. The van der Waals surface area contributed by atoms with Crippen LogP contribution in [0.25, 0.3) is 0 Å². The molecule has 8 nitrogen and oxygen atoms in total. The molecule has 2 heterocycles. The average Bonchev–Trinajstić information content (AvgIpc) is 2.46. The minimum Gasteiger partial charge on any atom is -0.467 e. The van der Waals surface area contributed by atoms with Crippen LogP contribution < -0.4 is 9.64 Å². The molecule has 1 aliphatic heterocycles. The van der Waals surface area contributed by atoms with Crippen LogP contribution in [-0.4, -0.2) is 64.8 Å². The van der Waals surface area contributed by atoms with E-state index >= 15 is 0 Å². The van der Waals surface area contributed by atoms with E-state index in [9.17, 15) is 4.79 Å². The quantitative estimate of drug-likeness (QED) is 0.803. The highest BCUT2D eigenvalue weighted by Gasteiger charge is 2.26. The maximum atomic E-state index is 12.0. The molecule has 1 aliphatic rings. The molecule has 0 aliphatic carbocycles. The first-order valence-electron chi connectivity index (χ1n) is 6.85. The highest BCUT2D eigenvalue weighted by atomic mass is 16.6. The maximum Gasteiger partial charge on any atom is 0.410 e. The van der Waals surface area contributed by atoms with E-state index in [0.29, 0.717) is 32.1 Å². The third kappa shape index (κ3) is 4.17. The largest absolute Gasteiger partial charge is 0.467 e. The van der Waals surface area contributed by atoms with Crippen LogP contribution >= 0.6 is 0 Å². The Morgan fingerprint density at radius 1 is 1.19 bits per heavy atom. The normalized spacial score (nSPS) is 15.8. The second-order valence-electron chi connectivity index (χ2n) is 5.73. The number of ether oxygens (including phenoxy) is 2. The smallest absolute Gasteiger partial charge is 0.410 e. The van der Waals surface area contributed by atoms with Crippen LogP contribution in [0, 0.1) is 0 Å². The molecule has 1 saturated heterocycles. The molecule has 8 heteroatoms. The van der Waals surface area contributed by atoms with Gasteiger partial charge < -0.3 is 19.3 Å². The molecule has 0 N–H and O–H groups in total. The molecule has 0 saturated carbocycles. The van der Waals surface area contributed by atoms with Gasteiger partial charge in [-0.3, -0.25) is 0 Å². The molecule has 21 heavy (non-hydrogen) atoms. The summed E-state index contributed by atoms with van der Waals surface area (Å²) in [6, 6.07) is 0.287. The van der Waals surface area contributed by atoms with E-state index in [0.717, 1.165) is 0 Å². The van der Waals surface area contributed by atoms with Crippen LogP contribution in [0.15, 0.2) is 6.33 Å². The highest BCUT2D eigenvalue weighted by molar-refractivity contribution is 5.68. The molecule has 116 valence electrons. The van der Waals surface area contributed by atoms with E-state index in [-0.39, 0.29) is 12.1 Å². The number of rotatable bonds is 2. The van der Waals surface area contributed by atoms with Gasteiger partial charge in [-0.05, 0) is 20.8 Å². The van der Waals surface area contributed by atoms with Crippen LogP contribution in [0.4, 0.5) is 10.7 Å². The fourth-order valence-corrected chi connectivity index (χ4v) is 1.94. The fourth-order valence-electron chi connectivity index (χ4n) is 1.94. The first-order valence-corrected chi connectivity index (χ1v) is 6.85. The molecule has 0 bridgehead atoms. The van der Waals surface area contributed by atoms with Crippen molar-refractivity contribution in [2.24, 2.45) is 0 Å². The van der Waals surface area contributed by atoms with Crippen LogP contribution in [0.2, 0.25) is 0 Å². The number of methoxy groups -OCH3 is 1. The van der Waals surface area contributed by atoms with Crippen molar-refractivity contribution in [3.8, 4) is 6.01 Å². The van der Waals surface area contributed by atoms with E-state index in [2.05, 4.69) is 15.0 Å². The summed E-state index contributed by atoms with van der Waals surface area (Å²) >= 11 is 0. The summed E-state index contributed by atoms with van der Waals surface area (Å²) in [7, 11) is 1.51. The third-order valence-corrected chi connectivity index (χ3v) is 2.93. The lowest BCUT2D eigenvalue weighted by Gasteiger charge is -2.35.